The van der Waals surface area contributed by atoms with E-state index in [0.29, 0.717) is 23.7 Å². The maximum absolute atomic E-state index is 13.6. The number of nitrogens with one attached hydrogen (secondary N) is 1. The van der Waals surface area contributed by atoms with Gasteiger partial charge >= 0.3 is 6.16 Å². The van der Waals surface area contributed by atoms with Crippen LogP contribution in [0.2, 0.25) is 0 Å². The van der Waals surface area contributed by atoms with Crippen molar-refractivity contribution in [2.24, 2.45) is 0 Å². The highest BCUT2D eigenvalue weighted by molar-refractivity contribution is 7.91. The predicted octanol–water partition coefficient (Wildman–Crippen LogP) is 7.82. The maximum atomic E-state index is 13.6. The van der Waals surface area contributed by atoms with Gasteiger partial charge < -0.3 is 19.7 Å². The number of rotatable bonds is 13. The van der Waals surface area contributed by atoms with Crippen LogP contribution in [0.3, 0.4) is 0 Å². The van der Waals surface area contributed by atoms with Crippen LogP contribution in [0.5, 0.6) is 5.75 Å². The Morgan fingerprint density at radius 2 is 1.54 bits per heavy atom. The molecule has 0 amide bonds. The zero-order valence-corrected chi connectivity index (χ0v) is 24.4. The van der Waals surface area contributed by atoms with Crippen LogP contribution in [0, 0.1) is 13.8 Å². The standard InChI is InChI=1S/C31H40N2O5S/c1-6-7-8-9-10-14-19-37-31(34)38-29-21-23(2)28(20-24(29)3)32-27-18-17-25(33(4)5)22-30(27)39(35,36)26-15-12-11-13-16-26/h11-13,15-18,20-22,32H,6-10,14,19H2,1-5H3. The molecule has 8 heteroatoms. The van der Waals surface area contributed by atoms with Gasteiger partial charge in [0.1, 0.15) is 5.75 Å². The highest BCUT2D eigenvalue weighted by Gasteiger charge is 2.23. The summed E-state index contributed by atoms with van der Waals surface area (Å²) in [6.07, 6.45) is 5.92. The SMILES string of the molecule is CCCCCCCCOC(=O)Oc1cc(C)c(Nc2ccc(N(C)C)cc2S(=O)(=O)c2ccccc2)cc1C. The summed E-state index contributed by atoms with van der Waals surface area (Å²) in [4.78, 5) is 14.5. The molecule has 0 heterocycles. The molecule has 0 aliphatic carbocycles. The van der Waals surface area contributed by atoms with Crippen molar-refractivity contribution in [1.29, 1.82) is 0 Å². The predicted molar refractivity (Wildman–Crippen MR) is 157 cm³/mol. The van der Waals surface area contributed by atoms with E-state index in [9.17, 15) is 13.2 Å². The van der Waals surface area contributed by atoms with Crippen LogP contribution in [0.4, 0.5) is 21.9 Å². The number of hydrogen-bond donors (Lipinski definition) is 1. The highest BCUT2D eigenvalue weighted by atomic mass is 32.2. The fourth-order valence-electron chi connectivity index (χ4n) is 4.18. The number of nitrogens with zero attached hydrogens (tertiary/aromatic N) is 1. The molecule has 3 rings (SSSR count). The van der Waals surface area contributed by atoms with Crippen molar-refractivity contribution in [2.45, 2.75) is 69.1 Å². The van der Waals surface area contributed by atoms with Gasteiger partial charge in [0, 0.05) is 25.5 Å². The maximum Gasteiger partial charge on any atom is 0.513 e. The van der Waals surface area contributed by atoms with Crippen LogP contribution in [0.25, 0.3) is 0 Å². The van der Waals surface area contributed by atoms with E-state index in [2.05, 4.69) is 12.2 Å². The smallest absolute Gasteiger partial charge is 0.434 e. The Bertz CT molecular complexity index is 1350. The molecule has 0 radical (unpaired) electrons. The number of anilines is 3. The van der Waals surface area contributed by atoms with Gasteiger partial charge in [-0.25, -0.2) is 13.2 Å². The lowest BCUT2D eigenvalue weighted by molar-refractivity contribution is 0.0970. The Morgan fingerprint density at radius 1 is 0.846 bits per heavy atom. The van der Waals surface area contributed by atoms with Gasteiger partial charge in [0.25, 0.3) is 0 Å². The van der Waals surface area contributed by atoms with E-state index >= 15 is 0 Å². The second kappa shape index (κ2) is 14.0. The molecule has 1 N–H and O–H groups in total. The minimum atomic E-state index is -3.79. The number of hydrogen-bond acceptors (Lipinski definition) is 7. The van der Waals surface area contributed by atoms with Crippen molar-refractivity contribution in [1.82, 2.24) is 0 Å². The molecule has 0 atom stereocenters. The van der Waals surface area contributed by atoms with Gasteiger partial charge in [0.15, 0.2) is 0 Å². The molecule has 0 saturated carbocycles. The summed E-state index contributed by atoms with van der Waals surface area (Å²) in [6, 6.07) is 17.3. The summed E-state index contributed by atoms with van der Waals surface area (Å²) in [6.45, 7) is 6.22. The van der Waals surface area contributed by atoms with E-state index in [0.717, 1.165) is 36.1 Å². The third-order valence-corrected chi connectivity index (χ3v) is 8.34. The molecule has 0 fully saturated rings. The van der Waals surface area contributed by atoms with Crippen LogP contribution in [0.15, 0.2) is 70.5 Å². The lowest BCUT2D eigenvalue weighted by Crippen LogP contribution is -2.13. The van der Waals surface area contributed by atoms with Crippen molar-refractivity contribution in [3.05, 3.63) is 71.8 Å². The monoisotopic (exact) mass is 552 g/mol. The van der Waals surface area contributed by atoms with E-state index in [1.165, 1.54) is 19.3 Å². The largest absolute Gasteiger partial charge is 0.513 e. The van der Waals surface area contributed by atoms with E-state index in [1.54, 1.807) is 48.5 Å². The first kappa shape index (κ1) is 30.0. The molecular weight excluding hydrogens is 512 g/mol. The highest BCUT2D eigenvalue weighted by Crippen LogP contribution is 2.35. The van der Waals surface area contributed by atoms with Crippen LogP contribution in [0.1, 0.15) is 56.6 Å². The molecule has 0 unspecified atom stereocenters. The fourth-order valence-corrected chi connectivity index (χ4v) is 5.63. The number of ether oxygens (including phenoxy) is 2. The Balaban J connectivity index is 1.77. The minimum Gasteiger partial charge on any atom is -0.434 e. The van der Waals surface area contributed by atoms with Gasteiger partial charge in [-0.1, -0.05) is 57.2 Å². The van der Waals surface area contributed by atoms with E-state index in [-0.39, 0.29) is 9.79 Å². The third kappa shape index (κ3) is 8.23. The molecule has 0 bridgehead atoms. The Kier molecular flexibility index (Phi) is 10.8. The number of carbonyl (C=O) groups excluding carboxylic acids is 1. The summed E-state index contributed by atoms with van der Waals surface area (Å²) < 4.78 is 37.9. The second-order valence-electron chi connectivity index (χ2n) is 9.92. The van der Waals surface area contributed by atoms with Gasteiger partial charge in [-0.15, -0.1) is 0 Å². The van der Waals surface area contributed by atoms with Gasteiger partial charge in [0.2, 0.25) is 9.84 Å². The molecule has 0 saturated heterocycles. The normalized spacial score (nSPS) is 11.2. The van der Waals surface area contributed by atoms with Gasteiger partial charge in [-0.3, -0.25) is 0 Å². The molecule has 0 aliphatic rings. The molecular formula is C31H40N2O5S. The Morgan fingerprint density at radius 3 is 2.23 bits per heavy atom. The topological polar surface area (TPSA) is 84.9 Å². The summed E-state index contributed by atoms with van der Waals surface area (Å²) in [5, 5.41) is 3.30. The fraction of sp³-hybridized carbons (Fsp3) is 0.387. The average molecular weight is 553 g/mol. The van der Waals surface area contributed by atoms with E-state index in [4.69, 9.17) is 9.47 Å². The number of aryl methyl sites for hydroxylation is 2. The Hall–Kier alpha value is -3.52. The zero-order valence-electron chi connectivity index (χ0n) is 23.6. The number of carbonyl (C=O) groups is 1. The molecule has 39 heavy (non-hydrogen) atoms. The van der Waals surface area contributed by atoms with E-state index < -0.39 is 16.0 Å². The quantitative estimate of drug-likeness (QED) is 0.131. The van der Waals surface area contributed by atoms with Gasteiger partial charge in [0.05, 0.1) is 22.1 Å². The molecule has 0 aromatic heterocycles. The minimum absolute atomic E-state index is 0.176. The molecule has 0 spiro atoms. The molecule has 3 aromatic carbocycles. The lowest BCUT2D eigenvalue weighted by Gasteiger charge is -2.19. The Labute approximate surface area is 233 Å². The van der Waals surface area contributed by atoms with E-state index in [1.807, 2.05) is 45.0 Å². The van der Waals surface area contributed by atoms with Gasteiger partial charge in [-0.05, 0) is 73.9 Å². The first-order chi connectivity index (χ1) is 18.6. The lowest BCUT2D eigenvalue weighted by atomic mass is 10.1. The number of unbranched alkanes of at least 4 members (excludes halogenated alkanes) is 5. The van der Waals surface area contributed by atoms with Crippen LogP contribution < -0.4 is 15.0 Å². The van der Waals surface area contributed by atoms with Crippen LogP contribution in [-0.2, 0) is 14.6 Å². The summed E-state index contributed by atoms with van der Waals surface area (Å²) in [5.74, 6) is 0.408. The number of sulfone groups is 1. The summed E-state index contributed by atoms with van der Waals surface area (Å²) in [7, 11) is -0.0513. The first-order valence-electron chi connectivity index (χ1n) is 13.5. The molecule has 210 valence electrons. The van der Waals surface area contributed by atoms with Crippen molar-refractivity contribution in [3.8, 4) is 5.75 Å². The van der Waals surface area contributed by atoms with Crippen molar-refractivity contribution in [3.63, 3.8) is 0 Å². The number of benzene rings is 3. The summed E-state index contributed by atoms with van der Waals surface area (Å²) >= 11 is 0. The van der Waals surface area contributed by atoms with Crippen LogP contribution in [-0.4, -0.2) is 35.3 Å². The third-order valence-electron chi connectivity index (χ3n) is 6.53. The molecule has 0 aliphatic heterocycles. The van der Waals surface area contributed by atoms with Gasteiger partial charge in [-0.2, -0.15) is 0 Å². The van der Waals surface area contributed by atoms with Crippen molar-refractivity contribution in [2.75, 3.05) is 30.9 Å². The van der Waals surface area contributed by atoms with Crippen LogP contribution >= 0.6 is 0 Å². The van der Waals surface area contributed by atoms with Crippen molar-refractivity contribution >= 4 is 33.1 Å². The average Bonchev–Trinajstić information content (AvgIpc) is 2.91. The molecule has 7 nitrogen and oxygen atoms in total. The zero-order chi connectivity index (χ0) is 28.4. The first-order valence-corrected chi connectivity index (χ1v) is 15.0. The van der Waals surface area contributed by atoms with Crippen molar-refractivity contribution < 1.29 is 22.7 Å². The summed E-state index contributed by atoms with van der Waals surface area (Å²) in [5.41, 5.74) is 3.45. The second-order valence-corrected chi connectivity index (χ2v) is 11.8. The molecule has 3 aromatic rings.